The second-order valence-corrected chi connectivity index (χ2v) is 5.80. The van der Waals surface area contributed by atoms with Crippen molar-refractivity contribution < 1.29 is 14.3 Å². The third kappa shape index (κ3) is 2.90. The van der Waals surface area contributed by atoms with Crippen LogP contribution in [0.2, 0.25) is 0 Å². The number of benzene rings is 3. The van der Waals surface area contributed by atoms with Gasteiger partial charge in [0.1, 0.15) is 11.5 Å². The van der Waals surface area contributed by atoms with E-state index in [4.69, 9.17) is 4.74 Å². The summed E-state index contributed by atoms with van der Waals surface area (Å²) in [4.78, 5) is 26.2. The fourth-order valence-electron chi connectivity index (χ4n) is 2.90. The summed E-state index contributed by atoms with van der Waals surface area (Å²) in [6.07, 6.45) is 0. The van der Waals surface area contributed by atoms with Gasteiger partial charge in [0.05, 0.1) is 17.7 Å². The summed E-state index contributed by atoms with van der Waals surface area (Å²) in [7, 11) is 0. The molecule has 0 saturated heterocycles. The standard InChI is InChI=1S/C21H15NO3/c23-20-18-11-4-5-12-19(18)21(24)22(20)14-15-7-6-10-17(13-15)25-16-8-2-1-3-9-16/h1-13H,14H2. The maximum absolute atomic E-state index is 12.5. The molecule has 0 unspecified atom stereocenters. The molecule has 25 heavy (non-hydrogen) atoms. The van der Waals surface area contributed by atoms with Crippen LogP contribution >= 0.6 is 0 Å². The van der Waals surface area contributed by atoms with Crippen LogP contribution in [0.4, 0.5) is 0 Å². The Kier molecular flexibility index (Phi) is 3.78. The summed E-state index contributed by atoms with van der Waals surface area (Å²) >= 11 is 0. The first-order chi connectivity index (χ1) is 12.2. The molecule has 1 heterocycles. The first-order valence-corrected chi connectivity index (χ1v) is 7.99. The Balaban J connectivity index is 1.55. The van der Waals surface area contributed by atoms with Gasteiger partial charge in [-0.1, -0.05) is 42.5 Å². The molecule has 3 aromatic carbocycles. The van der Waals surface area contributed by atoms with Crippen molar-refractivity contribution in [3.63, 3.8) is 0 Å². The largest absolute Gasteiger partial charge is 0.457 e. The highest BCUT2D eigenvalue weighted by Crippen LogP contribution is 2.26. The molecule has 0 radical (unpaired) electrons. The monoisotopic (exact) mass is 329 g/mol. The van der Waals surface area contributed by atoms with Crippen LogP contribution in [0.3, 0.4) is 0 Å². The lowest BCUT2D eigenvalue weighted by Crippen LogP contribution is -2.29. The van der Waals surface area contributed by atoms with Gasteiger partial charge in [0.15, 0.2) is 0 Å². The minimum Gasteiger partial charge on any atom is -0.457 e. The van der Waals surface area contributed by atoms with Crippen molar-refractivity contribution in [1.29, 1.82) is 0 Å². The number of rotatable bonds is 4. The van der Waals surface area contributed by atoms with Gasteiger partial charge in [0, 0.05) is 0 Å². The zero-order valence-corrected chi connectivity index (χ0v) is 13.4. The molecule has 0 aliphatic carbocycles. The summed E-state index contributed by atoms with van der Waals surface area (Å²) in [5.74, 6) is 0.894. The number of hydrogen-bond acceptors (Lipinski definition) is 3. The molecule has 4 heteroatoms. The first kappa shape index (κ1) is 15.1. The van der Waals surface area contributed by atoms with Crippen LogP contribution in [0.15, 0.2) is 78.9 Å². The van der Waals surface area contributed by atoms with Crippen molar-refractivity contribution in [2.45, 2.75) is 6.54 Å². The summed E-state index contributed by atoms with van der Waals surface area (Å²) < 4.78 is 5.81. The lowest BCUT2D eigenvalue weighted by Gasteiger charge is -2.14. The molecule has 0 fully saturated rings. The van der Waals surface area contributed by atoms with E-state index in [1.165, 1.54) is 4.90 Å². The summed E-state index contributed by atoms with van der Waals surface area (Å²) in [6, 6.07) is 23.8. The Bertz CT molecular complexity index is 915. The number of amides is 2. The fourth-order valence-corrected chi connectivity index (χ4v) is 2.90. The maximum atomic E-state index is 12.5. The van der Waals surface area contributed by atoms with Crippen LogP contribution in [-0.4, -0.2) is 16.7 Å². The third-order valence-corrected chi connectivity index (χ3v) is 4.10. The molecule has 0 N–H and O–H groups in total. The molecule has 0 bridgehead atoms. The molecule has 122 valence electrons. The Morgan fingerprint density at radius 2 is 1.28 bits per heavy atom. The van der Waals surface area contributed by atoms with Crippen LogP contribution in [-0.2, 0) is 6.54 Å². The van der Waals surface area contributed by atoms with E-state index in [0.29, 0.717) is 16.9 Å². The van der Waals surface area contributed by atoms with E-state index in [9.17, 15) is 9.59 Å². The minimum atomic E-state index is -0.255. The van der Waals surface area contributed by atoms with Crippen LogP contribution in [0.25, 0.3) is 0 Å². The smallest absolute Gasteiger partial charge is 0.261 e. The third-order valence-electron chi connectivity index (χ3n) is 4.10. The number of imide groups is 1. The molecular formula is C21H15NO3. The quantitative estimate of drug-likeness (QED) is 0.671. The van der Waals surface area contributed by atoms with Crippen molar-refractivity contribution in [3.8, 4) is 11.5 Å². The summed E-state index contributed by atoms with van der Waals surface area (Å²) in [6.45, 7) is 0.221. The molecule has 2 amide bonds. The Morgan fingerprint density at radius 1 is 0.680 bits per heavy atom. The number of nitrogens with zero attached hydrogens (tertiary/aromatic N) is 1. The van der Waals surface area contributed by atoms with Gasteiger partial charge in [-0.05, 0) is 42.0 Å². The Hall–Kier alpha value is -3.40. The van der Waals surface area contributed by atoms with Crippen molar-refractivity contribution in [2.24, 2.45) is 0 Å². The van der Waals surface area contributed by atoms with Gasteiger partial charge in [-0.25, -0.2) is 0 Å². The maximum Gasteiger partial charge on any atom is 0.261 e. The highest BCUT2D eigenvalue weighted by molar-refractivity contribution is 6.21. The zero-order chi connectivity index (χ0) is 17.2. The normalized spacial score (nSPS) is 13.0. The molecule has 0 aromatic heterocycles. The predicted octanol–water partition coefficient (Wildman–Crippen LogP) is 4.28. The van der Waals surface area contributed by atoms with E-state index in [0.717, 1.165) is 11.3 Å². The minimum absolute atomic E-state index is 0.221. The predicted molar refractivity (Wildman–Crippen MR) is 93.6 cm³/mol. The molecule has 1 aliphatic rings. The average Bonchev–Trinajstić information content (AvgIpc) is 2.88. The first-order valence-electron chi connectivity index (χ1n) is 7.99. The molecule has 1 aliphatic heterocycles. The van der Waals surface area contributed by atoms with Crippen LogP contribution in [0.5, 0.6) is 11.5 Å². The van der Waals surface area contributed by atoms with Crippen molar-refractivity contribution in [3.05, 3.63) is 95.6 Å². The van der Waals surface area contributed by atoms with E-state index in [1.807, 2.05) is 54.6 Å². The highest BCUT2D eigenvalue weighted by Gasteiger charge is 2.34. The lowest BCUT2D eigenvalue weighted by molar-refractivity contribution is 0.0642. The van der Waals surface area contributed by atoms with E-state index in [2.05, 4.69) is 0 Å². The van der Waals surface area contributed by atoms with Gasteiger partial charge in [-0.15, -0.1) is 0 Å². The number of carbonyl (C=O) groups excluding carboxylic acids is 2. The van der Waals surface area contributed by atoms with Gasteiger partial charge in [0.25, 0.3) is 11.8 Å². The highest BCUT2D eigenvalue weighted by atomic mass is 16.5. The topological polar surface area (TPSA) is 46.6 Å². The SMILES string of the molecule is O=C1c2ccccc2C(=O)N1Cc1cccc(Oc2ccccc2)c1. The molecule has 4 nitrogen and oxygen atoms in total. The van der Waals surface area contributed by atoms with Gasteiger partial charge in [-0.3, -0.25) is 14.5 Å². The van der Waals surface area contributed by atoms with Gasteiger partial charge < -0.3 is 4.74 Å². The van der Waals surface area contributed by atoms with E-state index in [1.54, 1.807) is 24.3 Å². The van der Waals surface area contributed by atoms with Gasteiger partial charge in [-0.2, -0.15) is 0 Å². The van der Waals surface area contributed by atoms with Crippen LogP contribution in [0, 0.1) is 0 Å². The molecule has 3 aromatic rings. The lowest BCUT2D eigenvalue weighted by atomic mass is 10.1. The Morgan fingerprint density at radius 3 is 1.96 bits per heavy atom. The van der Waals surface area contributed by atoms with E-state index >= 15 is 0 Å². The number of fused-ring (bicyclic) bond motifs is 1. The molecule has 0 saturated carbocycles. The van der Waals surface area contributed by atoms with E-state index in [-0.39, 0.29) is 18.4 Å². The van der Waals surface area contributed by atoms with Crippen LogP contribution < -0.4 is 4.74 Å². The number of hydrogen-bond donors (Lipinski definition) is 0. The number of para-hydroxylation sites is 1. The molecule has 0 spiro atoms. The fraction of sp³-hybridized carbons (Fsp3) is 0.0476. The second kappa shape index (κ2) is 6.24. The van der Waals surface area contributed by atoms with E-state index < -0.39 is 0 Å². The van der Waals surface area contributed by atoms with Crippen molar-refractivity contribution in [2.75, 3.05) is 0 Å². The van der Waals surface area contributed by atoms with Gasteiger partial charge in [0.2, 0.25) is 0 Å². The number of ether oxygens (including phenoxy) is 1. The summed E-state index contributed by atoms with van der Waals surface area (Å²) in [5, 5.41) is 0. The number of carbonyl (C=O) groups is 2. The molecular weight excluding hydrogens is 314 g/mol. The average molecular weight is 329 g/mol. The molecule has 4 rings (SSSR count). The molecule has 0 atom stereocenters. The Labute approximate surface area is 145 Å². The summed E-state index contributed by atoms with van der Waals surface area (Å²) in [5.41, 5.74) is 1.76. The second-order valence-electron chi connectivity index (χ2n) is 5.80. The van der Waals surface area contributed by atoms with Gasteiger partial charge >= 0.3 is 0 Å². The van der Waals surface area contributed by atoms with Crippen molar-refractivity contribution in [1.82, 2.24) is 4.90 Å². The zero-order valence-electron chi connectivity index (χ0n) is 13.4. The van der Waals surface area contributed by atoms with Crippen LogP contribution in [0.1, 0.15) is 26.3 Å². The van der Waals surface area contributed by atoms with Crippen molar-refractivity contribution >= 4 is 11.8 Å².